The number of rotatable bonds is 6. The average molecular weight is 268 g/mol. The van der Waals surface area contributed by atoms with Gasteiger partial charge in [-0.1, -0.05) is 6.07 Å². The Kier molecular flexibility index (Phi) is 6.21. The Balaban J connectivity index is 2.16. The number of amides is 1. The summed E-state index contributed by atoms with van der Waals surface area (Å²) in [5.41, 5.74) is 5.69. The molecule has 0 fully saturated rings. The molecule has 0 aliphatic rings. The summed E-state index contributed by atoms with van der Waals surface area (Å²) in [7, 11) is 3.47. The highest BCUT2D eigenvalue weighted by molar-refractivity contribution is 7.09. The molecule has 0 aliphatic carbocycles. The predicted octanol–water partition coefficient (Wildman–Crippen LogP) is 0.673. The summed E-state index contributed by atoms with van der Waals surface area (Å²) >= 11 is 1.72. The van der Waals surface area contributed by atoms with E-state index in [0.717, 1.165) is 6.42 Å². The van der Waals surface area contributed by atoms with Crippen LogP contribution in [0.3, 0.4) is 0 Å². The molecule has 0 unspecified atom stereocenters. The summed E-state index contributed by atoms with van der Waals surface area (Å²) in [6, 6.07) is 4.11. The Morgan fingerprint density at radius 2 is 2.33 bits per heavy atom. The molecule has 0 spiro atoms. The molecular weight excluding hydrogens is 248 g/mol. The van der Waals surface area contributed by atoms with E-state index in [1.54, 1.807) is 30.3 Å². The third kappa shape index (κ3) is 5.67. The minimum Gasteiger partial charge on any atom is -0.370 e. The lowest BCUT2D eigenvalue weighted by Crippen LogP contribution is -2.35. The molecule has 0 saturated heterocycles. The molecule has 1 heterocycles. The van der Waals surface area contributed by atoms with Gasteiger partial charge in [-0.25, -0.2) is 0 Å². The van der Waals surface area contributed by atoms with Gasteiger partial charge in [-0.2, -0.15) is 0 Å². The second-order valence-corrected chi connectivity index (χ2v) is 5.09. The third-order valence-corrected chi connectivity index (χ3v) is 3.30. The molecule has 0 aromatic carbocycles. The van der Waals surface area contributed by atoms with Gasteiger partial charge in [0.15, 0.2) is 5.96 Å². The van der Waals surface area contributed by atoms with Gasteiger partial charge in [-0.05, 0) is 11.4 Å². The lowest BCUT2D eigenvalue weighted by Gasteiger charge is -2.10. The van der Waals surface area contributed by atoms with Crippen molar-refractivity contribution in [3.63, 3.8) is 0 Å². The third-order valence-electron chi connectivity index (χ3n) is 2.36. The van der Waals surface area contributed by atoms with Crippen molar-refractivity contribution >= 4 is 23.2 Å². The molecule has 0 aliphatic heterocycles. The fourth-order valence-corrected chi connectivity index (χ4v) is 2.02. The molecular formula is C12H20N4OS. The molecule has 6 heteroatoms. The second kappa shape index (κ2) is 7.71. The number of carbonyl (C=O) groups excluding carboxylic acids is 1. The molecule has 0 radical (unpaired) electrons. The Hall–Kier alpha value is -1.56. The van der Waals surface area contributed by atoms with Crippen molar-refractivity contribution < 1.29 is 4.79 Å². The standard InChI is InChI=1S/C12H20N4OS/c1-16(2)11(17)6-8-15-12(13)14-7-5-10-4-3-9-18-10/h3-4,9H,5-8H2,1-2H3,(H3,13,14,15). The van der Waals surface area contributed by atoms with Crippen LogP contribution in [-0.2, 0) is 11.2 Å². The highest BCUT2D eigenvalue weighted by Crippen LogP contribution is 2.08. The van der Waals surface area contributed by atoms with Gasteiger partial charge in [-0.15, -0.1) is 11.3 Å². The van der Waals surface area contributed by atoms with E-state index in [1.165, 1.54) is 4.88 Å². The summed E-state index contributed by atoms with van der Waals surface area (Å²) in [6.45, 7) is 1.19. The SMILES string of the molecule is CN(C)C(=O)CCNC(N)=NCCc1cccs1. The van der Waals surface area contributed by atoms with Crippen LogP contribution >= 0.6 is 11.3 Å². The van der Waals surface area contributed by atoms with Crippen LogP contribution in [0.15, 0.2) is 22.5 Å². The maximum atomic E-state index is 11.3. The zero-order valence-electron chi connectivity index (χ0n) is 10.8. The number of nitrogens with two attached hydrogens (primary N) is 1. The van der Waals surface area contributed by atoms with Crippen LogP contribution < -0.4 is 11.1 Å². The summed E-state index contributed by atoms with van der Waals surface area (Å²) in [5, 5.41) is 4.98. The topological polar surface area (TPSA) is 70.7 Å². The van der Waals surface area contributed by atoms with E-state index in [9.17, 15) is 4.79 Å². The number of hydrogen-bond donors (Lipinski definition) is 2. The summed E-state index contributed by atoms with van der Waals surface area (Å²) in [6.07, 6.45) is 1.32. The Bertz CT molecular complexity index is 387. The summed E-state index contributed by atoms with van der Waals surface area (Å²) < 4.78 is 0. The van der Waals surface area contributed by atoms with Crippen molar-refractivity contribution in [1.29, 1.82) is 0 Å². The first-order valence-electron chi connectivity index (χ1n) is 5.86. The van der Waals surface area contributed by atoms with Crippen LogP contribution in [0.4, 0.5) is 0 Å². The van der Waals surface area contributed by atoms with Crippen molar-refractivity contribution in [3.8, 4) is 0 Å². The van der Waals surface area contributed by atoms with E-state index in [1.807, 2.05) is 11.4 Å². The highest BCUT2D eigenvalue weighted by Gasteiger charge is 2.02. The summed E-state index contributed by atoms with van der Waals surface area (Å²) in [5.74, 6) is 0.479. The normalized spacial score (nSPS) is 11.3. The van der Waals surface area contributed by atoms with E-state index in [-0.39, 0.29) is 5.91 Å². The van der Waals surface area contributed by atoms with E-state index < -0.39 is 0 Å². The van der Waals surface area contributed by atoms with Crippen LogP contribution in [-0.4, -0.2) is 44.0 Å². The Labute approximate surface area is 112 Å². The van der Waals surface area contributed by atoms with Crippen molar-refractivity contribution in [3.05, 3.63) is 22.4 Å². The second-order valence-electron chi connectivity index (χ2n) is 4.06. The average Bonchev–Trinajstić information content (AvgIpc) is 2.81. The van der Waals surface area contributed by atoms with E-state index in [4.69, 9.17) is 5.73 Å². The highest BCUT2D eigenvalue weighted by atomic mass is 32.1. The first kappa shape index (κ1) is 14.5. The Morgan fingerprint density at radius 1 is 1.56 bits per heavy atom. The number of carbonyl (C=O) groups is 1. The first-order chi connectivity index (χ1) is 8.59. The lowest BCUT2D eigenvalue weighted by atomic mass is 10.3. The van der Waals surface area contributed by atoms with Gasteiger partial charge in [0.25, 0.3) is 0 Å². The molecule has 3 N–H and O–H groups in total. The lowest BCUT2D eigenvalue weighted by molar-refractivity contribution is -0.128. The number of guanidine groups is 1. The van der Waals surface area contributed by atoms with Crippen LogP contribution in [0.5, 0.6) is 0 Å². The molecule has 5 nitrogen and oxygen atoms in total. The van der Waals surface area contributed by atoms with Crippen LogP contribution in [0.2, 0.25) is 0 Å². The number of nitrogens with one attached hydrogen (secondary N) is 1. The fraction of sp³-hybridized carbons (Fsp3) is 0.500. The number of hydrogen-bond acceptors (Lipinski definition) is 3. The van der Waals surface area contributed by atoms with Crippen molar-refractivity contribution in [2.24, 2.45) is 10.7 Å². The van der Waals surface area contributed by atoms with Crippen LogP contribution in [0.1, 0.15) is 11.3 Å². The number of aliphatic imine (C=N–C) groups is 1. The largest absolute Gasteiger partial charge is 0.370 e. The van der Waals surface area contributed by atoms with Crippen molar-refractivity contribution in [2.75, 3.05) is 27.2 Å². The maximum Gasteiger partial charge on any atom is 0.223 e. The Morgan fingerprint density at radius 3 is 2.94 bits per heavy atom. The zero-order chi connectivity index (χ0) is 13.4. The summed E-state index contributed by atoms with van der Waals surface area (Å²) in [4.78, 5) is 18.4. The molecule has 1 aromatic heterocycles. The molecule has 1 rings (SSSR count). The minimum atomic E-state index is 0.0777. The molecule has 100 valence electrons. The van der Waals surface area contributed by atoms with Gasteiger partial charge in [0, 0.05) is 44.9 Å². The van der Waals surface area contributed by atoms with Crippen molar-refractivity contribution in [1.82, 2.24) is 10.2 Å². The van der Waals surface area contributed by atoms with Gasteiger partial charge < -0.3 is 16.0 Å². The van der Waals surface area contributed by atoms with Crippen LogP contribution in [0.25, 0.3) is 0 Å². The van der Waals surface area contributed by atoms with E-state index in [2.05, 4.69) is 16.4 Å². The van der Waals surface area contributed by atoms with E-state index in [0.29, 0.717) is 25.5 Å². The smallest absolute Gasteiger partial charge is 0.223 e. The van der Waals surface area contributed by atoms with Gasteiger partial charge >= 0.3 is 0 Å². The molecule has 0 bridgehead atoms. The number of nitrogens with zero attached hydrogens (tertiary/aromatic N) is 2. The fourth-order valence-electron chi connectivity index (χ4n) is 1.32. The maximum absolute atomic E-state index is 11.3. The van der Waals surface area contributed by atoms with Crippen LogP contribution in [0, 0.1) is 0 Å². The van der Waals surface area contributed by atoms with Crippen molar-refractivity contribution in [2.45, 2.75) is 12.8 Å². The molecule has 1 aromatic rings. The predicted molar refractivity (Wildman–Crippen MR) is 75.8 cm³/mol. The van der Waals surface area contributed by atoms with Gasteiger partial charge in [0.05, 0.1) is 0 Å². The molecule has 0 saturated carbocycles. The number of thiophene rings is 1. The molecule has 1 amide bonds. The van der Waals surface area contributed by atoms with E-state index >= 15 is 0 Å². The zero-order valence-corrected chi connectivity index (χ0v) is 11.7. The van der Waals surface area contributed by atoms with Gasteiger partial charge in [0.2, 0.25) is 5.91 Å². The molecule has 18 heavy (non-hydrogen) atoms. The first-order valence-corrected chi connectivity index (χ1v) is 6.74. The quantitative estimate of drug-likeness (QED) is 0.588. The molecule has 0 atom stereocenters. The van der Waals surface area contributed by atoms with Gasteiger partial charge in [-0.3, -0.25) is 9.79 Å². The van der Waals surface area contributed by atoms with Gasteiger partial charge in [0.1, 0.15) is 0 Å². The monoisotopic (exact) mass is 268 g/mol. The minimum absolute atomic E-state index is 0.0777.